The molecule has 0 amide bonds. The lowest BCUT2D eigenvalue weighted by Crippen LogP contribution is -2.33. The third-order valence-corrected chi connectivity index (χ3v) is 7.74. The molecule has 0 saturated carbocycles. The smallest absolute Gasteiger partial charge is 0.227 e. The van der Waals surface area contributed by atoms with Crippen molar-refractivity contribution in [2.75, 3.05) is 0 Å². The summed E-state index contributed by atoms with van der Waals surface area (Å²) in [5, 5.41) is 11.4. The van der Waals surface area contributed by atoms with Gasteiger partial charge in [0.25, 0.3) is 0 Å². The highest BCUT2D eigenvalue weighted by Gasteiger charge is 2.43. The van der Waals surface area contributed by atoms with E-state index in [1.54, 1.807) is 17.6 Å². The molecule has 0 spiro atoms. The van der Waals surface area contributed by atoms with E-state index in [4.69, 9.17) is 33.0 Å². The highest BCUT2D eigenvalue weighted by atomic mass is 35.5. The number of nitrogens with zero attached hydrogens (tertiary/aromatic N) is 3. The van der Waals surface area contributed by atoms with Crippen LogP contribution in [-0.2, 0) is 0 Å². The highest BCUT2D eigenvalue weighted by Crippen LogP contribution is 2.51. The maximum Gasteiger partial charge on any atom is 0.227 e. The quantitative estimate of drug-likeness (QED) is 0.234. The third-order valence-electron chi connectivity index (χ3n) is 7.24. The number of benzene rings is 4. The van der Waals surface area contributed by atoms with Crippen LogP contribution in [0.2, 0.25) is 10.0 Å². The Morgan fingerprint density at radius 2 is 1.73 bits per heavy atom. The summed E-state index contributed by atoms with van der Waals surface area (Å²) in [4.78, 5) is 12.5. The van der Waals surface area contributed by atoms with Crippen molar-refractivity contribution in [2.45, 2.75) is 25.6 Å². The lowest BCUT2D eigenvalue weighted by atomic mass is 9.95. The summed E-state index contributed by atoms with van der Waals surface area (Å²) < 4.78 is 8.24. The zero-order valence-electron chi connectivity index (χ0n) is 19.9. The average molecular weight is 526 g/mol. The molecule has 2 atom stereocenters. The minimum absolute atomic E-state index is 0.0678. The lowest BCUT2D eigenvalue weighted by Gasteiger charge is -2.38. The van der Waals surface area contributed by atoms with Gasteiger partial charge in [-0.1, -0.05) is 77.8 Å². The van der Waals surface area contributed by atoms with Gasteiger partial charge in [0.15, 0.2) is 0 Å². The number of ether oxygens (including phenoxy) is 1. The van der Waals surface area contributed by atoms with Crippen molar-refractivity contribution in [1.82, 2.24) is 9.58 Å². The molecule has 7 rings (SSSR count). The fraction of sp³-hybridized carbons (Fsp3) is 0.133. The van der Waals surface area contributed by atoms with Crippen molar-refractivity contribution in [3.8, 4) is 5.75 Å². The summed E-state index contributed by atoms with van der Waals surface area (Å²) in [5.74, 6) is 0.536. The summed E-state index contributed by atoms with van der Waals surface area (Å²) in [7, 11) is 0. The van der Waals surface area contributed by atoms with Crippen LogP contribution < -0.4 is 4.74 Å². The van der Waals surface area contributed by atoms with Crippen LogP contribution in [0, 0.1) is 0 Å². The van der Waals surface area contributed by atoms with E-state index in [0.717, 1.165) is 38.7 Å². The van der Waals surface area contributed by atoms with Gasteiger partial charge in [0.2, 0.25) is 12.1 Å². The maximum atomic E-state index is 12.5. The normalized spacial score (nSPS) is 18.5. The van der Waals surface area contributed by atoms with Gasteiger partial charge in [-0.15, -0.1) is 0 Å². The molecule has 5 nitrogen and oxygen atoms in total. The van der Waals surface area contributed by atoms with Crippen molar-refractivity contribution in [3.05, 3.63) is 112 Å². The number of halogens is 2. The van der Waals surface area contributed by atoms with Crippen LogP contribution in [0.4, 0.5) is 0 Å². The van der Waals surface area contributed by atoms with Gasteiger partial charge in [0, 0.05) is 41.1 Å². The Bertz CT molecular complexity index is 1770. The number of hydrogen-bond acceptors (Lipinski definition) is 4. The van der Waals surface area contributed by atoms with Crippen LogP contribution in [0.3, 0.4) is 0 Å². The van der Waals surface area contributed by atoms with Gasteiger partial charge in [-0.05, 0) is 40.6 Å². The number of rotatable bonds is 2. The van der Waals surface area contributed by atoms with E-state index in [0.29, 0.717) is 22.2 Å². The van der Waals surface area contributed by atoms with Crippen LogP contribution in [0.15, 0.2) is 90.2 Å². The number of para-hydroxylation sites is 1. The molecule has 2 aliphatic rings. The fourth-order valence-electron chi connectivity index (χ4n) is 5.53. The van der Waals surface area contributed by atoms with E-state index in [1.807, 2.05) is 53.7 Å². The van der Waals surface area contributed by atoms with E-state index in [9.17, 15) is 4.79 Å². The fourth-order valence-corrected chi connectivity index (χ4v) is 6.08. The van der Waals surface area contributed by atoms with Crippen LogP contribution >= 0.6 is 23.2 Å². The van der Waals surface area contributed by atoms with Crippen LogP contribution in [0.5, 0.6) is 5.75 Å². The van der Waals surface area contributed by atoms with Crippen LogP contribution in [0.25, 0.3) is 21.7 Å². The molecule has 0 aliphatic carbocycles. The number of carbonyl (C=O) groups is 1. The molecule has 2 aliphatic heterocycles. The number of hydrazone groups is 1. The Morgan fingerprint density at radius 3 is 2.57 bits per heavy atom. The average Bonchev–Trinajstić information content (AvgIpc) is 3.51. The zero-order valence-corrected chi connectivity index (χ0v) is 21.4. The molecule has 182 valence electrons. The van der Waals surface area contributed by atoms with Crippen LogP contribution in [0.1, 0.15) is 47.1 Å². The Balaban J connectivity index is 1.41. The minimum Gasteiger partial charge on any atom is -0.463 e. The van der Waals surface area contributed by atoms with Gasteiger partial charge in [-0.3, -0.25) is 9.36 Å². The molecule has 7 heteroatoms. The van der Waals surface area contributed by atoms with Crippen molar-refractivity contribution >= 4 is 56.5 Å². The van der Waals surface area contributed by atoms with Crippen molar-refractivity contribution in [3.63, 3.8) is 0 Å². The first-order chi connectivity index (χ1) is 18.0. The topological polar surface area (TPSA) is 46.8 Å². The molecule has 3 heterocycles. The van der Waals surface area contributed by atoms with Gasteiger partial charge < -0.3 is 4.74 Å². The number of hydrogen-bond donors (Lipinski definition) is 0. The summed E-state index contributed by atoms with van der Waals surface area (Å²) in [5.41, 5.74) is 4.62. The van der Waals surface area contributed by atoms with Gasteiger partial charge in [0.1, 0.15) is 5.75 Å². The Hall–Kier alpha value is -3.80. The van der Waals surface area contributed by atoms with Crippen molar-refractivity contribution in [1.29, 1.82) is 0 Å². The standard InChI is InChI=1S/C30H21Cl2N3O2/c1-17(36)34-16-24(22-8-4-5-9-27(22)34)30-35-28(23-13-21(31)14-25(32)29(23)37-30)15-26(33-35)20-11-10-18-6-2-3-7-19(18)12-20/h2-14,16,28,30H,15H2,1H3/t28-,30+/m1/s1. The number of aromatic nitrogens is 1. The van der Waals surface area contributed by atoms with E-state index in [1.165, 1.54) is 5.39 Å². The largest absolute Gasteiger partial charge is 0.463 e. The summed E-state index contributed by atoms with van der Waals surface area (Å²) in [6.07, 6.45) is 1.96. The zero-order chi connectivity index (χ0) is 25.3. The molecule has 37 heavy (non-hydrogen) atoms. The molecule has 0 saturated heterocycles. The molecule has 0 unspecified atom stereocenters. The molecular weight excluding hydrogens is 505 g/mol. The number of fused-ring (bicyclic) bond motifs is 5. The Kier molecular flexibility index (Phi) is 5.07. The summed E-state index contributed by atoms with van der Waals surface area (Å²) in [6, 6.07) is 26.0. The first kappa shape index (κ1) is 22.4. The lowest BCUT2D eigenvalue weighted by molar-refractivity contribution is -0.0180. The summed E-state index contributed by atoms with van der Waals surface area (Å²) >= 11 is 13.1. The SMILES string of the molecule is CC(=O)n1cc([C@@H]2Oc3c(Cl)cc(Cl)cc3[C@H]3CC(c4ccc5ccccc5c4)=NN32)c2ccccc21. The molecule has 0 fully saturated rings. The second kappa shape index (κ2) is 8.37. The maximum absolute atomic E-state index is 12.5. The molecular formula is C30H21Cl2N3O2. The van der Waals surface area contributed by atoms with E-state index in [2.05, 4.69) is 30.3 Å². The van der Waals surface area contributed by atoms with Gasteiger partial charge in [0.05, 0.1) is 22.3 Å². The van der Waals surface area contributed by atoms with E-state index in [-0.39, 0.29) is 11.9 Å². The molecule has 4 aromatic carbocycles. The van der Waals surface area contributed by atoms with Crippen molar-refractivity contribution < 1.29 is 9.53 Å². The summed E-state index contributed by atoms with van der Waals surface area (Å²) in [6.45, 7) is 1.56. The predicted octanol–water partition coefficient (Wildman–Crippen LogP) is 8.00. The highest BCUT2D eigenvalue weighted by molar-refractivity contribution is 6.35. The first-order valence-corrected chi connectivity index (χ1v) is 12.8. The van der Waals surface area contributed by atoms with E-state index < -0.39 is 6.23 Å². The van der Waals surface area contributed by atoms with Gasteiger partial charge >= 0.3 is 0 Å². The minimum atomic E-state index is -0.570. The molecule has 0 N–H and O–H groups in total. The molecule has 0 radical (unpaired) electrons. The molecule has 1 aromatic heterocycles. The van der Waals surface area contributed by atoms with Gasteiger partial charge in [-0.25, -0.2) is 5.01 Å². The Labute approximate surface area is 223 Å². The van der Waals surface area contributed by atoms with E-state index >= 15 is 0 Å². The molecule has 0 bridgehead atoms. The van der Waals surface area contributed by atoms with Crippen LogP contribution in [-0.4, -0.2) is 21.2 Å². The Morgan fingerprint density at radius 1 is 0.946 bits per heavy atom. The second-order valence-corrected chi connectivity index (χ2v) is 10.3. The third kappa shape index (κ3) is 3.53. The second-order valence-electron chi connectivity index (χ2n) is 9.48. The molecule has 5 aromatic rings. The first-order valence-electron chi connectivity index (χ1n) is 12.1. The number of carbonyl (C=O) groups excluding carboxylic acids is 1. The predicted molar refractivity (Wildman–Crippen MR) is 148 cm³/mol. The monoisotopic (exact) mass is 525 g/mol. The van der Waals surface area contributed by atoms with Crippen molar-refractivity contribution in [2.24, 2.45) is 5.10 Å². The van der Waals surface area contributed by atoms with Gasteiger partial charge in [-0.2, -0.15) is 5.10 Å².